The molecule has 0 fully saturated rings. The summed E-state index contributed by atoms with van der Waals surface area (Å²) in [4.78, 5) is 0. The zero-order chi connectivity index (χ0) is 33.7. The summed E-state index contributed by atoms with van der Waals surface area (Å²) in [6, 6.07) is 71.1. The monoisotopic (exact) mass is 664 g/mol. The molecule has 51 heavy (non-hydrogen) atoms. The molecule has 9 aromatic carbocycles. The predicted molar refractivity (Wildman–Crippen MR) is 222 cm³/mol. The zero-order valence-electron chi connectivity index (χ0n) is 27.9. The number of rotatable bonds is 5. The van der Waals surface area contributed by atoms with Crippen LogP contribution in [0.15, 0.2) is 194 Å². The molecule has 0 radical (unpaired) electrons. The molecule has 0 N–H and O–H groups in total. The van der Waals surface area contributed by atoms with Gasteiger partial charge in [0.1, 0.15) is 0 Å². The van der Waals surface area contributed by atoms with Gasteiger partial charge in [-0.25, -0.2) is 0 Å². The van der Waals surface area contributed by atoms with Crippen LogP contribution in [0, 0.1) is 0 Å². The lowest BCUT2D eigenvalue weighted by Crippen LogP contribution is -1.92. The highest BCUT2D eigenvalue weighted by Gasteiger charge is 2.21. The van der Waals surface area contributed by atoms with E-state index in [1.807, 2.05) is 11.3 Å². The molecule has 0 saturated heterocycles. The van der Waals surface area contributed by atoms with Gasteiger partial charge in [-0.1, -0.05) is 176 Å². The van der Waals surface area contributed by atoms with Gasteiger partial charge in [-0.05, 0) is 89.8 Å². The van der Waals surface area contributed by atoms with Crippen LogP contribution in [0.25, 0.3) is 97.4 Å². The molecule has 0 aliphatic carbocycles. The molecule has 0 aliphatic rings. The lowest BCUT2D eigenvalue weighted by molar-refractivity contribution is 1.58. The van der Waals surface area contributed by atoms with Crippen molar-refractivity contribution in [1.82, 2.24) is 0 Å². The number of hydrogen-bond acceptors (Lipinski definition) is 1. The van der Waals surface area contributed by atoms with E-state index in [4.69, 9.17) is 0 Å². The van der Waals surface area contributed by atoms with Crippen molar-refractivity contribution < 1.29 is 0 Å². The Morgan fingerprint density at radius 3 is 1.12 bits per heavy atom. The number of benzene rings is 9. The first-order chi connectivity index (χ1) is 25.3. The maximum Gasteiger partial charge on any atom is 0.0434 e. The highest BCUT2D eigenvalue weighted by atomic mass is 32.1. The molecule has 238 valence electrons. The molecule has 1 heteroatoms. The van der Waals surface area contributed by atoms with Crippen molar-refractivity contribution in [2.75, 3.05) is 0 Å². The lowest BCUT2D eigenvalue weighted by Gasteiger charge is -2.19. The average Bonchev–Trinajstić information content (AvgIpc) is 3.60. The summed E-state index contributed by atoms with van der Waals surface area (Å²) in [6.45, 7) is 0. The van der Waals surface area contributed by atoms with Crippen molar-refractivity contribution in [1.29, 1.82) is 0 Å². The summed E-state index contributed by atoms with van der Waals surface area (Å²) in [5, 5.41) is 7.69. The van der Waals surface area contributed by atoms with E-state index in [1.54, 1.807) is 0 Å². The van der Waals surface area contributed by atoms with E-state index < -0.39 is 0 Å². The molecular formula is C50H32S. The third-order valence-corrected chi connectivity index (χ3v) is 11.5. The molecule has 0 nitrogen and oxygen atoms in total. The molecule has 0 saturated carbocycles. The lowest BCUT2D eigenvalue weighted by atomic mass is 9.84. The summed E-state index contributed by atoms with van der Waals surface area (Å²) in [5.74, 6) is 0. The van der Waals surface area contributed by atoms with Gasteiger partial charge in [0.2, 0.25) is 0 Å². The van der Waals surface area contributed by atoms with Crippen molar-refractivity contribution in [2.45, 2.75) is 0 Å². The summed E-state index contributed by atoms with van der Waals surface area (Å²) in [5.41, 5.74) is 12.5. The maximum atomic E-state index is 2.38. The number of hydrogen-bond donors (Lipinski definition) is 0. The van der Waals surface area contributed by atoms with Crippen LogP contribution in [-0.4, -0.2) is 0 Å². The Balaban J connectivity index is 1.28. The van der Waals surface area contributed by atoms with Gasteiger partial charge in [0.25, 0.3) is 0 Å². The van der Waals surface area contributed by atoms with Crippen LogP contribution in [0.2, 0.25) is 0 Å². The maximum absolute atomic E-state index is 2.38. The molecule has 0 unspecified atom stereocenters. The predicted octanol–water partition coefficient (Wildman–Crippen LogP) is 14.7. The SMILES string of the molecule is c1ccc(-c2cc(-c3ccccc3)cc(-c3c4ccccc4c(-c4cccc5c4sc4c(-c6ccccc6)cccc45)c4ccccc34)c2)cc1. The Kier molecular flexibility index (Phi) is 7.11. The second kappa shape index (κ2) is 12.2. The van der Waals surface area contributed by atoms with E-state index in [9.17, 15) is 0 Å². The molecule has 10 rings (SSSR count). The van der Waals surface area contributed by atoms with E-state index in [-0.39, 0.29) is 0 Å². The minimum Gasteiger partial charge on any atom is -0.134 e. The van der Waals surface area contributed by atoms with Crippen LogP contribution in [-0.2, 0) is 0 Å². The minimum atomic E-state index is 1.22. The molecule has 0 spiro atoms. The van der Waals surface area contributed by atoms with E-state index in [0.29, 0.717) is 0 Å². The third kappa shape index (κ3) is 4.97. The van der Waals surface area contributed by atoms with Crippen molar-refractivity contribution in [2.24, 2.45) is 0 Å². The fourth-order valence-electron chi connectivity index (χ4n) is 7.96. The number of thiophene rings is 1. The van der Waals surface area contributed by atoms with Crippen LogP contribution in [0.4, 0.5) is 0 Å². The van der Waals surface area contributed by atoms with Crippen LogP contribution in [0.3, 0.4) is 0 Å². The van der Waals surface area contributed by atoms with Crippen LogP contribution in [0.5, 0.6) is 0 Å². The fraction of sp³-hybridized carbons (Fsp3) is 0. The molecule has 0 bridgehead atoms. The molecule has 0 atom stereocenters. The normalized spacial score (nSPS) is 11.5. The summed E-state index contributed by atoms with van der Waals surface area (Å²) < 4.78 is 2.67. The van der Waals surface area contributed by atoms with E-state index in [1.165, 1.54) is 97.4 Å². The minimum absolute atomic E-state index is 1.22. The van der Waals surface area contributed by atoms with E-state index in [0.717, 1.165) is 0 Å². The standard InChI is InChI=1S/C50H32S/c1-4-16-33(17-5-1)36-30-37(34-18-6-2-7-19-34)32-38(31-36)47-40-22-10-12-24-42(40)48(43-25-13-11-23-41(43)47)46-29-15-28-45-44-27-14-26-39(49(44)51-50(45)46)35-20-8-3-9-21-35/h1-32H. The Bertz CT molecular complexity index is 2770. The van der Waals surface area contributed by atoms with Gasteiger partial charge in [-0.2, -0.15) is 0 Å². The van der Waals surface area contributed by atoms with Gasteiger partial charge in [-0.15, -0.1) is 11.3 Å². The first-order valence-electron chi connectivity index (χ1n) is 17.5. The Morgan fingerprint density at radius 2 is 0.608 bits per heavy atom. The highest BCUT2D eigenvalue weighted by Crippen LogP contribution is 2.49. The van der Waals surface area contributed by atoms with E-state index >= 15 is 0 Å². The van der Waals surface area contributed by atoms with Crippen molar-refractivity contribution >= 4 is 53.1 Å². The summed E-state index contributed by atoms with van der Waals surface area (Å²) in [6.07, 6.45) is 0. The van der Waals surface area contributed by atoms with Gasteiger partial charge in [0, 0.05) is 25.7 Å². The zero-order valence-corrected chi connectivity index (χ0v) is 28.7. The Hall–Kier alpha value is -6.28. The average molecular weight is 665 g/mol. The van der Waals surface area contributed by atoms with Crippen molar-refractivity contribution in [3.05, 3.63) is 194 Å². The molecular weight excluding hydrogens is 633 g/mol. The highest BCUT2D eigenvalue weighted by molar-refractivity contribution is 7.26. The molecule has 0 aliphatic heterocycles. The Morgan fingerprint density at radius 1 is 0.235 bits per heavy atom. The fourth-order valence-corrected chi connectivity index (χ4v) is 9.31. The second-order valence-electron chi connectivity index (χ2n) is 13.2. The van der Waals surface area contributed by atoms with Crippen molar-refractivity contribution in [3.8, 4) is 55.6 Å². The quantitative estimate of drug-likeness (QED) is 0.161. The van der Waals surface area contributed by atoms with Gasteiger partial charge < -0.3 is 0 Å². The molecule has 0 amide bonds. The largest absolute Gasteiger partial charge is 0.134 e. The van der Waals surface area contributed by atoms with Gasteiger partial charge in [0.15, 0.2) is 0 Å². The van der Waals surface area contributed by atoms with Crippen LogP contribution >= 0.6 is 11.3 Å². The van der Waals surface area contributed by atoms with E-state index in [2.05, 4.69) is 194 Å². The first kappa shape index (κ1) is 29.6. The summed E-state index contributed by atoms with van der Waals surface area (Å²) in [7, 11) is 0. The molecule has 1 aromatic heterocycles. The van der Waals surface area contributed by atoms with Crippen molar-refractivity contribution in [3.63, 3.8) is 0 Å². The second-order valence-corrected chi connectivity index (χ2v) is 14.2. The third-order valence-electron chi connectivity index (χ3n) is 10.2. The topological polar surface area (TPSA) is 0 Å². The summed E-state index contributed by atoms with van der Waals surface area (Å²) >= 11 is 1.92. The molecule has 1 heterocycles. The first-order valence-corrected chi connectivity index (χ1v) is 18.3. The Labute approximate surface area is 301 Å². The molecule has 10 aromatic rings. The number of fused-ring (bicyclic) bond motifs is 5. The van der Waals surface area contributed by atoms with Gasteiger partial charge in [0.05, 0.1) is 0 Å². The van der Waals surface area contributed by atoms with Gasteiger partial charge >= 0.3 is 0 Å². The van der Waals surface area contributed by atoms with Gasteiger partial charge in [-0.3, -0.25) is 0 Å². The smallest absolute Gasteiger partial charge is 0.0434 e. The van der Waals surface area contributed by atoms with Crippen LogP contribution in [0.1, 0.15) is 0 Å². The van der Waals surface area contributed by atoms with Crippen LogP contribution < -0.4 is 0 Å².